The molecule has 14 heavy (non-hydrogen) atoms. The molecule has 0 fully saturated rings. The van der Waals surface area contributed by atoms with Gasteiger partial charge in [-0.15, -0.1) is 0 Å². The number of nitrogens with one attached hydrogen (secondary N) is 1. The van der Waals surface area contributed by atoms with Crippen LogP contribution in [0.15, 0.2) is 22.8 Å². The van der Waals surface area contributed by atoms with Gasteiger partial charge >= 0.3 is 0 Å². The van der Waals surface area contributed by atoms with Gasteiger partial charge in [-0.25, -0.2) is 0 Å². The molecule has 1 aromatic heterocycles. The van der Waals surface area contributed by atoms with Crippen LogP contribution in [-0.4, -0.2) is 11.9 Å². The molecule has 4 heteroatoms. The highest BCUT2D eigenvalue weighted by Gasteiger charge is 2.12. The van der Waals surface area contributed by atoms with Crippen molar-refractivity contribution in [1.82, 2.24) is 5.32 Å². The Morgan fingerprint density at radius 2 is 2.36 bits per heavy atom. The number of nitrogens with two attached hydrogens (primary N) is 1. The number of rotatable bonds is 4. The van der Waals surface area contributed by atoms with E-state index in [0.29, 0.717) is 6.42 Å². The van der Waals surface area contributed by atoms with Crippen molar-refractivity contribution in [2.45, 2.75) is 32.4 Å². The minimum atomic E-state index is -0.112. The minimum Gasteiger partial charge on any atom is -0.467 e. The van der Waals surface area contributed by atoms with Crippen molar-refractivity contribution < 1.29 is 9.21 Å². The van der Waals surface area contributed by atoms with E-state index >= 15 is 0 Å². The highest BCUT2D eigenvalue weighted by atomic mass is 16.3. The summed E-state index contributed by atoms with van der Waals surface area (Å²) in [4.78, 5) is 11.3. The lowest BCUT2D eigenvalue weighted by Gasteiger charge is -2.12. The molecule has 0 saturated heterocycles. The molecule has 78 valence electrons. The fourth-order valence-electron chi connectivity index (χ4n) is 1.20. The van der Waals surface area contributed by atoms with Crippen LogP contribution in [-0.2, 0) is 4.79 Å². The van der Waals surface area contributed by atoms with E-state index in [9.17, 15) is 4.79 Å². The van der Waals surface area contributed by atoms with Crippen molar-refractivity contribution >= 4 is 5.91 Å². The number of carbonyl (C=O) groups is 1. The second kappa shape index (κ2) is 4.81. The number of furan rings is 1. The maximum atomic E-state index is 11.3. The average molecular weight is 196 g/mol. The molecule has 0 bridgehead atoms. The minimum absolute atomic E-state index is 0.0519. The summed E-state index contributed by atoms with van der Waals surface area (Å²) >= 11 is 0. The Labute approximate surface area is 83.5 Å². The first-order chi connectivity index (χ1) is 6.59. The van der Waals surface area contributed by atoms with Gasteiger partial charge in [-0.05, 0) is 26.0 Å². The number of carbonyl (C=O) groups excluding carboxylic acids is 1. The molecule has 0 aliphatic carbocycles. The molecule has 0 aromatic carbocycles. The summed E-state index contributed by atoms with van der Waals surface area (Å²) in [5.74, 6) is 0.701. The first-order valence-electron chi connectivity index (χ1n) is 4.68. The van der Waals surface area contributed by atoms with E-state index in [-0.39, 0.29) is 18.0 Å². The normalized spacial score (nSPS) is 14.8. The smallest absolute Gasteiger partial charge is 0.222 e. The maximum Gasteiger partial charge on any atom is 0.222 e. The monoisotopic (exact) mass is 196 g/mol. The van der Waals surface area contributed by atoms with E-state index in [4.69, 9.17) is 10.2 Å². The Kier molecular flexibility index (Phi) is 3.71. The third-order valence-corrected chi connectivity index (χ3v) is 1.85. The lowest BCUT2D eigenvalue weighted by Crippen LogP contribution is -2.31. The van der Waals surface area contributed by atoms with Gasteiger partial charge in [0, 0.05) is 12.5 Å². The lowest BCUT2D eigenvalue weighted by molar-refractivity contribution is -0.122. The standard InChI is InChI=1S/C10H16N2O2/c1-7(11)6-10(13)12-8(2)9-4-3-5-14-9/h3-5,7-8H,6,11H2,1-2H3,(H,12,13). The van der Waals surface area contributed by atoms with Crippen LogP contribution in [0.2, 0.25) is 0 Å². The van der Waals surface area contributed by atoms with E-state index < -0.39 is 0 Å². The van der Waals surface area contributed by atoms with Crippen molar-refractivity contribution in [3.8, 4) is 0 Å². The van der Waals surface area contributed by atoms with E-state index in [2.05, 4.69) is 5.32 Å². The molecule has 0 saturated carbocycles. The molecule has 2 unspecified atom stereocenters. The molecule has 0 radical (unpaired) electrons. The zero-order valence-electron chi connectivity index (χ0n) is 8.49. The van der Waals surface area contributed by atoms with Gasteiger partial charge in [-0.2, -0.15) is 0 Å². The highest BCUT2D eigenvalue weighted by molar-refractivity contribution is 5.76. The van der Waals surface area contributed by atoms with Crippen LogP contribution in [0, 0.1) is 0 Å². The van der Waals surface area contributed by atoms with Gasteiger partial charge in [-0.1, -0.05) is 0 Å². The Bertz CT molecular complexity index is 280. The highest BCUT2D eigenvalue weighted by Crippen LogP contribution is 2.12. The van der Waals surface area contributed by atoms with Crippen molar-refractivity contribution in [3.05, 3.63) is 24.2 Å². The predicted molar refractivity (Wildman–Crippen MR) is 53.5 cm³/mol. The van der Waals surface area contributed by atoms with E-state index in [1.165, 1.54) is 0 Å². The summed E-state index contributed by atoms with van der Waals surface area (Å²) in [6, 6.07) is 3.41. The summed E-state index contributed by atoms with van der Waals surface area (Å²) in [6.07, 6.45) is 1.93. The molecule has 1 aromatic rings. The molecule has 3 N–H and O–H groups in total. The first kappa shape index (κ1) is 10.8. The SMILES string of the molecule is CC(N)CC(=O)NC(C)c1ccco1. The zero-order chi connectivity index (χ0) is 10.6. The molecule has 1 rings (SSSR count). The van der Waals surface area contributed by atoms with Crippen molar-refractivity contribution in [3.63, 3.8) is 0 Å². The summed E-state index contributed by atoms with van der Waals surface area (Å²) in [5.41, 5.74) is 5.50. The molecule has 4 nitrogen and oxygen atoms in total. The van der Waals surface area contributed by atoms with Gasteiger partial charge in [0.15, 0.2) is 0 Å². The Balaban J connectivity index is 2.41. The predicted octanol–water partition coefficient (Wildman–Crippen LogP) is 1.19. The molecule has 0 aliphatic heterocycles. The number of hydrogen-bond acceptors (Lipinski definition) is 3. The van der Waals surface area contributed by atoms with Crippen LogP contribution in [0.25, 0.3) is 0 Å². The van der Waals surface area contributed by atoms with Gasteiger partial charge in [0.2, 0.25) is 5.91 Å². The van der Waals surface area contributed by atoms with Crippen LogP contribution in [0.5, 0.6) is 0 Å². The number of hydrogen-bond donors (Lipinski definition) is 2. The van der Waals surface area contributed by atoms with Crippen molar-refractivity contribution in [2.24, 2.45) is 5.73 Å². The quantitative estimate of drug-likeness (QED) is 0.760. The van der Waals surface area contributed by atoms with Crippen LogP contribution in [0.4, 0.5) is 0 Å². The average Bonchev–Trinajstić information content (AvgIpc) is 2.53. The van der Waals surface area contributed by atoms with Gasteiger partial charge < -0.3 is 15.5 Å². The van der Waals surface area contributed by atoms with Crippen LogP contribution in [0.3, 0.4) is 0 Å². The Hall–Kier alpha value is -1.29. The largest absolute Gasteiger partial charge is 0.467 e. The van der Waals surface area contributed by atoms with E-state index in [1.54, 1.807) is 19.3 Å². The second-order valence-electron chi connectivity index (χ2n) is 3.49. The molecular formula is C10H16N2O2. The Morgan fingerprint density at radius 1 is 1.64 bits per heavy atom. The van der Waals surface area contributed by atoms with Crippen LogP contribution < -0.4 is 11.1 Å². The maximum absolute atomic E-state index is 11.3. The fourth-order valence-corrected chi connectivity index (χ4v) is 1.20. The van der Waals surface area contributed by atoms with E-state index in [0.717, 1.165) is 5.76 Å². The van der Waals surface area contributed by atoms with Crippen molar-refractivity contribution in [1.29, 1.82) is 0 Å². The number of amides is 1. The van der Waals surface area contributed by atoms with Gasteiger partial charge in [0.1, 0.15) is 5.76 Å². The van der Waals surface area contributed by atoms with Gasteiger partial charge in [0.25, 0.3) is 0 Å². The van der Waals surface area contributed by atoms with Crippen molar-refractivity contribution in [2.75, 3.05) is 0 Å². The molecule has 1 amide bonds. The summed E-state index contributed by atoms with van der Waals surface area (Å²) in [7, 11) is 0. The summed E-state index contributed by atoms with van der Waals surface area (Å²) in [6.45, 7) is 3.68. The van der Waals surface area contributed by atoms with Gasteiger partial charge in [0.05, 0.1) is 12.3 Å². The second-order valence-corrected chi connectivity index (χ2v) is 3.49. The summed E-state index contributed by atoms with van der Waals surface area (Å²) < 4.78 is 5.16. The molecule has 1 heterocycles. The van der Waals surface area contributed by atoms with E-state index in [1.807, 2.05) is 13.0 Å². The lowest BCUT2D eigenvalue weighted by atomic mass is 10.2. The topological polar surface area (TPSA) is 68.3 Å². The van der Waals surface area contributed by atoms with Gasteiger partial charge in [-0.3, -0.25) is 4.79 Å². The Morgan fingerprint density at radius 3 is 2.86 bits per heavy atom. The third kappa shape index (κ3) is 3.22. The first-order valence-corrected chi connectivity index (χ1v) is 4.68. The molecular weight excluding hydrogens is 180 g/mol. The molecule has 0 spiro atoms. The zero-order valence-corrected chi connectivity index (χ0v) is 8.49. The van der Waals surface area contributed by atoms with Crippen LogP contribution in [0.1, 0.15) is 32.1 Å². The molecule has 2 atom stereocenters. The van der Waals surface area contributed by atoms with Crippen LogP contribution >= 0.6 is 0 Å². The summed E-state index contributed by atoms with van der Waals surface area (Å²) in [5, 5.41) is 2.80. The third-order valence-electron chi connectivity index (χ3n) is 1.85. The fraction of sp³-hybridized carbons (Fsp3) is 0.500. The molecule has 0 aliphatic rings.